The molecule has 1 saturated carbocycles. The summed E-state index contributed by atoms with van der Waals surface area (Å²) >= 11 is 0. The Labute approximate surface area is 108 Å². The Hall–Kier alpha value is -0.0800. The van der Waals surface area contributed by atoms with Crippen molar-refractivity contribution in [2.45, 2.75) is 58.8 Å². The summed E-state index contributed by atoms with van der Waals surface area (Å²) in [6.07, 6.45) is 10.1. The van der Waals surface area contributed by atoms with Gasteiger partial charge in [-0.25, -0.2) is 0 Å². The van der Waals surface area contributed by atoms with Crippen LogP contribution in [0, 0.1) is 5.92 Å². The van der Waals surface area contributed by atoms with Gasteiger partial charge in [-0.1, -0.05) is 39.5 Å². The highest BCUT2D eigenvalue weighted by atomic mass is 15.1. The zero-order valence-corrected chi connectivity index (χ0v) is 12.0. The molecule has 0 unspecified atom stereocenters. The first kappa shape index (κ1) is 15.0. The van der Waals surface area contributed by atoms with Gasteiger partial charge in [-0.3, -0.25) is 0 Å². The average molecular weight is 240 g/mol. The monoisotopic (exact) mass is 240 g/mol. The SMILES string of the molecule is CCCN(CC)CCNCC1CCCCCC1. The molecule has 0 spiro atoms. The van der Waals surface area contributed by atoms with Gasteiger partial charge in [0.05, 0.1) is 0 Å². The smallest absolute Gasteiger partial charge is 0.0107 e. The van der Waals surface area contributed by atoms with Crippen LogP contribution in [0.3, 0.4) is 0 Å². The van der Waals surface area contributed by atoms with Crippen LogP contribution in [-0.2, 0) is 0 Å². The van der Waals surface area contributed by atoms with Gasteiger partial charge in [-0.2, -0.15) is 0 Å². The molecule has 0 aromatic rings. The highest BCUT2D eigenvalue weighted by molar-refractivity contribution is 4.67. The minimum absolute atomic E-state index is 0.957. The molecular formula is C15H32N2. The van der Waals surface area contributed by atoms with Crippen LogP contribution in [-0.4, -0.2) is 37.6 Å². The summed E-state index contributed by atoms with van der Waals surface area (Å²) in [5, 5.41) is 3.66. The van der Waals surface area contributed by atoms with Crippen LogP contribution >= 0.6 is 0 Å². The molecular weight excluding hydrogens is 208 g/mol. The number of hydrogen-bond donors (Lipinski definition) is 1. The van der Waals surface area contributed by atoms with Crippen LogP contribution in [0.5, 0.6) is 0 Å². The van der Waals surface area contributed by atoms with Gasteiger partial charge < -0.3 is 10.2 Å². The lowest BCUT2D eigenvalue weighted by atomic mass is 10.0. The van der Waals surface area contributed by atoms with E-state index in [1.165, 1.54) is 77.7 Å². The zero-order valence-electron chi connectivity index (χ0n) is 12.0. The van der Waals surface area contributed by atoms with Gasteiger partial charge in [-0.05, 0) is 44.8 Å². The maximum Gasteiger partial charge on any atom is 0.0107 e. The third kappa shape index (κ3) is 7.05. The fourth-order valence-corrected chi connectivity index (χ4v) is 2.86. The van der Waals surface area contributed by atoms with E-state index in [-0.39, 0.29) is 0 Å². The van der Waals surface area contributed by atoms with E-state index in [1.54, 1.807) is 0 Å². The van der Waals surface area contributed by atoms with Crippen molar-refractivity contribution < 1.29 is 0 Å². The van der Waals surface area contributed by atoms with E-state index in [0.29, 0.717) is 0 Å². The number of nitrogens with zero attached hydrogens (tertiary/aromatic N) is 1. The highest BCUT2D eigenvalue weighted by Crippen LogP contribution is 2.21. The molecule has 0 heterocycles. The molecule has 2 nitrogen and oxygen atoms in total. The Kier molecular flexibility index (Phi) is 8.72. The van der Waals surface area contributed by atoms with Crippen LogP contribution in [0.1, 0.15) is 58.8 Å². The summed E-state index contributed by atoms with van der Waals surface area (Å²) in [5.74, 6) is 0.957. The molecule has 0 aliphatic heterocycles. The van der Waals surface area contributed by atoms with Gasteiger partial charge in [0, 0.05) is 13.1 Å². The van der Waals surface area contributed by atoms with Crippen LogP contribution in [0.2, 0.25) is 0 Å². The van der Waals surface area contributed by atoms with Crippen molar-refractivity contribution in [3.05, 3.63) is 0 Å². The lowest BCUT2D eigenvalue weighted by molar-refractivity contribution is 0.283. The Balaban J connectivity index is 2.01. The summed E-state index contributed by atoms with van der Waals surface area (Å²) in [6, 6.07) is 0. The molecule has 0 saturated heterocycles. The van der Waals surface area contributed by atoms with Crippen molar-refractivity contribution in [2.75, 3.05) is 32.7 Å². The topological polar surface area (TPSA) is 15.3 Å². The van der Waals surface area contributed by atoms with Crippen molar-refractivity contribution in [1.29, 1.82) is 0 Å². The first-order valence-corrected chi connectivity index (χ1v) is 7.79. The van der Waals surface area contributed by atoms with Crippen molar-refractivity contribution in [1.82, 2.24) is 10.2 Å². The van der Waals surface area contributed by atoms with E-state index in [1.807, 2.05) is 0 Å². The molecule has 1 aliphatic carbocycles. The molecule has 1 fully saturated rings. The van der Waals surface area contributed by atoms with Crippen molar-refractivity contribution >= 4 is 0 Å². The molecule has 2 heteroatoms. The van der Waals surface area contributed by atoms with Crippen LogP contribution < -0.4 is 5.32 Å². The Morgan fingerprint density at radius 2 is 1.71 bits per heavy atom. The Bertz CT molecular complexity index is 162. The maximum absolute atomic E-state index is 3.66. The fourth-order valence-electron chi connectivity index (χ4n) is 2.86. The molecule has 0 aromatic carbocycles. The highest BCUT2D eigenvalue weighted by Gasteiger charge is 2.11. The first-order chi connectivity index (χ1) is 8.36. The lowest BCUT2D eigenvalue weighted by Crippen LogP contribution is -2.34. The summed E-state index contributed by atoms with van der Waals surface area (Å²) < 4.78 is 0. The molecule has 102 valence electrons. The molecule has 0 amide bonds. The van der Waals surface area contributed by atoms with E-state index in [2.05, 4.69) is 24.1 Å². The second kappa shape index (κ2) is 9.90. The van der Waals surface area contributed by atoms with E-state index >= 15 is 0 Å². The first-order valence-electron chi connectivity index (χ1n) is 7.79. The predicted molar refractivity (Wildman–Crippen MR) is 76.5 cm³/mol. The van der Waals surface area contributed by atoms with Crippen LogP contribution in [0.4, 0.5) is 0 Å². The summed E-state index contributed by atoms with van der Waals surface area (Å²) in [6.45, 7) is 10.6. The Morgan fingerprint density at radius 3 is 2.29 bits per heavy atom. The normalized spacial score (nSPS) is 18.5. The number of hydrogen-bond acceptors (Lipinski definition) is 2. The molecule has 17 heavy (non-hydrogen) atoms. The third-order valence-corrected chi connectivity index (χ3v) is 4.00. The van der Waals surface area contributed by atoms with Gasteiger partial charge in [0.15, 0.2) is 0 Å². The maximum atomic E-state index is 3.66. The van der Waals surface area contributed by atoms with E-state index < -0.39 is 0 Å². The third-order valence-electron chi connectivity index (χ3n) is 4.00. The molecule has 0 bridgehead atoms. The van der Waals surface area contributed by atoms with E-state index in [4.69, 9.17) is 0 Å². The molecule has 1 aliphatic rings. The quantitative estimate of drug-likeness (QED) is 0.517. The van der Waals surface area contributed by atoms with Gasteiger partial charge in [-0.15, -0.1) is 0 Å². The summed E-state index contributed by atoms with van der Waals surface area (Å²) in [4.78, 5) is 2.54. The summed E-state index contributed by atoms with van der Waals surface area (Å²) in [7, 11) is 0. The van der Waals surface area contributed by atoms with Gasteiger partial charge >= 0.3 is 0 Å². The minimum Gasteiger partial charge on any atom is -0.315 e. The van der Waals surface area contributed by atoms with Crippen LogP contribution in [0.15, 0.2) is 0 Å². The molecule has 0 radical (unpaired) electrons. The minimum atomic E-state index is 0.957. The standard InChI is InChI=1S/C15H32N2/c1-3-12-17(4-2)13-11-16-14-15-9-7-5-6-8-10-15/h15-16H,3-14H2,1-2H3. The second-order valence-electron chi connectivity index (χ2n) is 5.50. The van der Waals surface area contributed by atoms with Crippen LogP contribution in [0.25, 0.3) is 0 Å². The average Bonchev–Trinajstić information content (AvgIpc) is 2.61. The number of rotatable bonds is 8. The Morgan fingerprint density at radius 1 is 1.00 bits per heavy atom. The fraction of sp³-hybridized carbons (Fsp3) is 1.00. The number of nitrogens with one attached hydrogen (secondary N) is 1. The largest absolute Gasteiger partial charge is 0.315 e. The van der Waals surface area contributed by atoms with Gasteiger partial charge in [0.1, 0.15) is 0 Å². The molecule has 0 aromatic heterocycles. The van der Waals surface area contributed by atoms with Crippen molar-refractivity contribution in [3.63, 3.8) is 0 Å². The van der Waals surface area contributed by atoms with E-state index in [0.717, 1.165) is 5.92 Å². The lowest BCUT2D eigenvalue weighted by Gasteiger charge is -2.21. The number of likely N-dealkylation sites (N-methyl/N-ethyl adjacent to an activating group) is 1. The second-order valence-corrected chi connectivity index (χ2v) is 5.50. The van der Waals surface area contributed by atoms with Crippen molar-refractivity contribution in [2.24, 2.45) is 5.92 Å². The zero-order chi connectivity index (χ0) is 12.3. The molecule has 1 N–H and O–H groups in total. The summed E-state index contributed by atoms with van der Waals surface area (Å²) in [5.41, 5.74) is 0. The molecule has 0 atom stereocenters. The predicted octanol–water partition coefficient (Wildman–Crippen LogP) is 3.28. The van der Waals surface area contributed by atoms with Crippen molar-refractivity contribution in [3.8, 4) is 0 Å². The van der Waals surface area contributed by atoms with Gasteiger partial charge in [0.25, 0.3) is 0 Å². The molecule has 1 rings (SSSR count). The van der Waals surface area contributed by atoms with E-state index in [9.17, 15) is 0 Å². The van der Waals surface area contributed by atoms with Gasteiger partial charge in [0.2, 0.25) is 0 Å².